The summed E-state index contributed by atoms with van der Waals surface area (Å²) in [6.45, 7) is 8.22. The fourth-order valence-corrected chi connectivity index (χ4v) is 1.36. The molecule has 2 heteroatoms. The largest absolute Gasteiger partial charge is 0.491 e. The van der Waals surface area contributed by atoms with E-state index in [0.717, 1.165) is 11.3 Å². The van der Waals surface area contributed by atoms with Crippen molar-refractivity contribution in [2.45, 2.75) is 33.8 Å². The van der Waals surface area contributed by atoms with Gasteiger partial charge in [0.2, 0.25) is 0 Å². The van der Waals surface area contributed by atoms with Gasteiger partial charge in [0.15, 0.2) is 0 Å². The predicted molar refractivity (Wildman–Crippen MR) is 57.8 cm³/mol. The maximum atomic E-state index is 9.12. The maximum absolute atomic E-state index is 9.12. The van der Waals surface area contributed by atoms with Crippen LogP contribution in [0.3, 0.4) is 0 Å². The van der Waals surface area contributed by atoms with E-state index in [-0.39, 0.29) is 0 Å². The van der Waals surface area contributed by atoms with E-state index in [1.165, 1.54) is 11.1 Å². The zero-order chi connectivity index (χ0) is 10.7. The van der Waals surface area contributed by atoms with Gasteiger partial charge in [-0.1, -0.05) is 6.07 Å². The molecule has 0 aliphatic carbocycles. The Morgan fingerprint density at radius 3 is 2.50 bits per heavy atom. The van der Waals surface area contributed by atoms with Gasteiger partial charge in [0.05, 0.1) is 6.10 Å². The molecular formula is C12H18O2. The highest BCUT2D eigenvalue weighted by molar-refractivity contribution is 5.41. The Hall–Kier alpha value is -1.02. The maximum Gasteiger partial charge on any atom is 0.122 e. The van der Waals surface area contributed by atoms with Crippen LogP contribution in [0.2, 0.25) is 0 Å². The third-order valence-electron chi connectivity index (χ3n) is 2.24. The van der Waals surface area contributed by atoms with Gasteiger partial charge >= 0.3 is 0 Å². The second-order valence-electron chi connectivity index (χ2n) is 3.86. The summed E-state index contributed by atoms with van der Waals surface area (Å²) in [7, 11) is 0. The third kappa shape index (κ3) is 2.74. The van der Waals surface area contributed by atoms with Crippen LogP contribution in [0.4, 0.5) is 0 Å². The Kier molecular flexibility index (Phi) is 3.53. The Labute approximate surface area is 85.5 Å². The number of benzene rings is 1. The average molecular weight is 194 g/mol. The molecule has 0 bridgehead atoms. The minimum Gasteiger partial charge on any atom is -0.491 e. The van der Waals surface area contributed by atoms with Crippen molar-refractivity contribution in [2.75, 3.05) is 6.61 Å². The molecule has 1 aromatic carbocycles. The minimum atomic E-state index is -0.421. The van der Waals surface area contributed by atoms with E-state index in [1.54, 1.807) is 6.92 Å². The molecule has 1 aromatic rings. The summed E-state index contributed by atoms with van der Waals surface area (Å²) in [6, 6.07) is 4.13. The number of aryl methyl sites for hydroxylation is 2. The number of aliphatic hydroxyl groups is 1. The third-order valence-corrected chi connectivity index (χ3v) is 2.24. The van der Waals surface area contributed by atoms with Gasteiger partial charge in [-0.2, -0.15) is 0 Å². The van der Waals surface area contributed by atoms with Crippen molar-refractivity contribution < 1.29 is 9.84 Å². The number of hydrogen-bond donors (Lipinski definition) is 1. The van der Waals surface area contributed by atoms with E-state index in [1.807, 2.05) is 19.9 Å². The van der Waals surface area contributed by atoms with Crippen molar-refractivity contribution in [3.8, 4) is 5.75 Å². The van der Waals surface area contributed by atoms with E-state index in [2.05, 4.69) is 13.0 Å². The van der Waals surface area contributed by atoms with E-state index < -0.39 is 6.10 Å². The van der Waals surface area contributed by atoms with Crippen LogP contribution in [0.1, 0.15) is 23.6 Å². The first-order valence-corrected chi connectivity index (χ1v) is 4.89. The first kappa shape index (κ1) is 11.1. The van der Waals surface area contributed by atoms with Crippen LogP contribution in [-0.2, 0) is 0 Å². The molecule has 0 radical (unpaired) electrons. The Balaban J connectivity index is 2.85. The zero-order valence-corrected chi connectivity index (χ0v) is 9.29. The molecule has 0 saturated carbocycles. The van der Waals surface area contributed by atoms with Crippen LogP contribution >= 0.6 is 0 Å². The highest BCUT2D eigenvalue weighted by atomic mass is 16.5. The lowest BCUT2D eigenvalue weighted by Crippen LogP contribution is -2.13. The number of rotatable bonds is 3. The summed E-state index contributed by atoms with van der Waals surface area (Å²) in [6.07, 6.45) is -0.421. The molecule has 1 rings (SSSR count). The lowest BCUT2D eigenvalue weighted by atomic mass is 10.1. The molecule has 78 valence electrons. The molecule has 0 amide bonds. The molecule has 0 saturated heterocycles. The highest BCUT2D eigenvalue weighted by Gasteiger charge is 2.04. The molecule has 2 nitrogen and oxygen atoms in total. The van der Waals surface area contributed by atoms with Gasteiger partial charge in [-0.05, 0) is 50.5 Å². The predicted octanol–water partition coefficient (Wildman–Crippen LogP) is 2.37. The minimum absolute atomic E-state index is 0.351. The second kappa shape index (κ2) is 4.47. The van der Waals surface area contributed by atoms with Crippen LogP contribution in [0.15, 0.2) is 12.1 Å². The quantitative estimate of drug-likeness (QED) is 0.800. The average Bonchev–Trinajstić information content (AvgIpc) is 2.08. The van der Waals surface area contributed by atoms with Gasteiger partial charge in [-0.3, -0.25) is 0 Å². The second-order valence-corrected chi connectivity index (χ2v) is 3.86. The van der Waals surface area contributed by atoms with Crippen molar-refractivity contribution >= 4 is 0 Å². The number of hydrogen-bond acceptors (Lipinski definition) is 2. The standard InChI is InChI=1S/C12H18O2/c1-8-5-9(2)11(4)12(6-8)14-7-10(3)13/h5-6,10,13H,7H2,1-4H3/t10-/m0/s1. The van der Waals surface area contributed by atoms with Gasteiger partial charge in [-0.15, -0.1) is 0 Å². The van der Waals surface area contributed by atoms with Crippen molar-refractivity contribution in [1.29, 1.82) is 0 Å². The number of ether oxygens (including phenoxy) is 1. The molecule has 0 fully saturated rings. The topological polar surface area (TPSA) is 29.5 Å². The fourth-order valence-electron chi connectivity index (χ4n) is 1.36. The van der Waals surface area contributed by atoms with E-state index in [9.17, 15) is 0 Å². The molecule has 14 heavy (non-hydrogen) atoms. The fraction of sp³-hybridized carbons (Fsp3) is 0.500. The summed E-state index contributed by atoms with van der Waals surface area (Å²) in [5, 5.41) is 9.12. The van der Waals surface area contributed by atoms with Crippen LogP contribution in [0.25, 0.3) is 0 Å². The summed E-state index contributed by atoms with van der Waals surface area (Å²) >= 11 is 0. The molecule has 0 unspecified atom stereocenters. The van der Waals surface area contributed by atoms with Crippen molar-refractivity contribution in [2.24, 2.45) is 0 Å². The molecule has 0 aromatic heterocycles. The summed E-state index contributed by atoms with van der Waals surface area (Å²) in [5.41, 5.74) is 3.57. The Bertz CT molecular complexity index is 316. The molecule has 0 aliphatic heterocycles. The van der Waals surface area contributed by atoms with E-state index >= 15 is 0 Å². The molecule has 0 heterocycles. The Morgan fingerprint density at radius 2 is 1.93 bits per heavy atom. The summed E-state index contributed by atoms with van der Waals surface area (Å²) in [5.74, 6) is 0.878. The zero-order valence-electron chi connectivity index (χ0n) is 9.29. The SMILES string of the molecule is Cc1cc(C)c(C)c(OC[C@H](C)O)c1. The normalized spacial score (nSPS) is 12.6. The summed E-state index contributed by atoms with van der Waals surface area (Å²) < 4.78 is 5.51. The van der Waals surface area contributed by atoms with Crippen molar-refractivity contribution in [1.82, 2.24) is 0 Å². The molecule has 0 aliphatic rings. The highest BCUT2D eigenvalue weighted by Crippen LogP contribution is 2.23. The lowest BCUT2D eigenvalue weighted by Gasteiger charge is -2.13. The van der Waals surface area contributed by atoms with Crippen LogP contribution in [0.5, 0.6) is 5.75 Å². The molecule has 1 N–H and O–H groups in total. The first-order valence-electron chi connectivity index (χ1n) is 4.89. The van der Waals surface area contributed by atoms with Gasteiger partial charge in [0.1, 0.15) is 12.4 Å². The smallest absolute Gasteiger partial charge is 0.122 e. The van der Waals surface area contributed by atoms with Gasteiger partial charge < -0.3 is 9.84 Å². The van der Waals surface area contributed by atoms with Crippen LogP contribution in [0, 0.1) is 20.8 Å². The number of aliphatic hydroxyl groups excluding tert-OH is 1. The monoisotopic (exact) mass is 194 g/mol. The van der Waals surface area contributed by atoms with E-state index in [0.29, 0.717) is 6.61 Å². The lowest BCUT2D eigenvalue weighted by molar-refractivity contribution is 0.122. The van der Waals surface area contributed by atoms with Gasteiger partial charge in [0.25, 0.3) is 0 Å². The molecule has 1 atom stereocenters. The van der Waals surface area contributed by atoms with Gasteiger partial charge in [0, 0.05) is 0 Å². The molecular weight excluding hydrogens is 176 g/mol. The van der Waals surface area contributed by atoms with Crippen molar-refractivity contribution in [3.05, 3.63) is 28.8 Å². The summed E-state index contributed by atoms with van der Waals surface area (Å²) in [4.78, 5) is 0. The van der Waals surface area contributed by atoms with Gasteiger partial charge in [-0.25, -0.2) is 0 Å². The van der Waals surface area contributed by atoms with Crippen LogP contribution in [-0.4, -0.2) is 17.8 Å². The van der Waals surface area contributed by atoms with Crippen molar-refractivity contribution in [3.63, 3.8) is 0 Å². The van der Waals surface area contributed by atoms with Crippen LogP contribution < -0.4 is 4.74 Å². The molecule has 0 spiro atoms. The van der Waals surface area contributed by atoms with E-state index in [4.69, 9.17) is 9.84 Å². The first-order chi connectivity index (χ1) is 6.50. The Morgan fingerprint density at radius 1 is 1.29 bits per heavy atom.